The molecular weight excluding hydrogens is 592 g/mol. The third-order valence-corrected chi connectivity index (χ3v) is 8.52. The highest BCUT2D eigenvalue weighted by atomic mass is 79.9. The van der Waals surface area contributed by atoms with E-state index in [0.717, 1.165) is 41.5 Å². The number of esters is 1. The van der Waals surface area contributed by atoms with Crippen molar-refractivity contribution in [3.8, 4) is 11.5 Å². The molecule has 1 fully saturated rings. The number of carbonyl (C=O) groups excluding carboxylic acids is 1. The van der Waals surface area contributed by atoms with E-state index >= 15 is 0 Å². The van der Waals surface area contributed by atoms with Gasteiger partial charge in [-0.05, 0) is 85.6 Å². The van der Waals surface area contributed by atoms with Crippen LogP contribution >= 0.6 is 27.7 Å². The third kappa shape index (κ3) is 6.33. The fourth-order valence-electron chi connectivity index (χ4n) is 5.18. The fourth-order valence-corrected chi connectivity index (χ4v) is 6.54. The van der Waals surface area contributed by atoms with Crippen LogP contribution in [0.15, 0.2) is 63.4 Å². The van der Waals surface area contributed by atoms with Gasteiger partial charge in [-0.2, -0.15) is 4.98 Å². The number of allylic oxidation sites excluding steroid dienone is 1. The van der Waals surface area contributed by atoms with Crippen LogP contribution in [0.1, 0.15) is 70.0 Å². The highest BCUT2D eigenvalue weighted by Crippen LogP contribution is 2.43. The SMILES string of the molecule is CCOc1cc(C2C(C(=O)OC3CCCCC3)=C(C)Nc3nc(SCc4ccccc4)nn32)cc(Br)c1OCC. The van der Waals surface area contributed by atoms with Gasteiger partial charge in [0.2, 0.25) is 11.1 Å². The molecule has 0 spiro atoms. The molecule has 1 saturated carbocycles. The predicted molar refractivity (Wildman–Crippen MR) is 160 cm³/mol. The van der Waals surface area contributed by atoms with Crippen LogP contribution in [0, 0.1) is 0 Å². The summed E-state index contributed by atoms with van der Waals surface area (Å²) in [5.74, 6) is 2.22. The number of hydrogen-bond donors (Lipinski definition) is 1. The van der Waals surface area contributed by atoms with Gasteiger partial charge in [-0.3, -0.25) is 0 Å². The molecule has 0 amide bonds. The van der Waals surface area contributed by atoms with Crippen molar-refractivity contribution in [1.29, 1.82) is 0 Å². The number of nitrogens with zero attached hydrogens (tertiary/aromatic N) is 3. The van der Waals surface area contributed by atoms with Gasteiger partial charge >= 0.3 is 5.97 Å². The van der Waals surface area contributed by atoms with Crippen LogP contribution in [0.25, 0.3) is 0 Å². The fraction of sp³-hybridized carbons (Fsp3) is 0.433. The van der Waals surface area contributed by atoms with E-state index in [1.165, 1.54) is 12.0 Å². The van der Waals surface area contributed by atoms with E-state index in [-0.39, 0.29) is 12.1 Å². The van der Waals surface area contributed by atoms with Gasteiger partial charge in [0.25, 0.3) is 0 Å². The molecule has 2 aliphatic rings. The lowest BCUT2D eigenvalue weighted by Gasteiger charge is -2.30. The summed E-state index contributed by atoms with van der Waals surface area (Å²) >= 11 is 5.24. The lowest BCUT2D eigenvalue weighted by atomic mass is 9.94. The van der Waals surface area contributed by atoms with Gasteiger partial charge < -0.3 is 19.5 Å². The first-order valence-corrected chi connectivity index (χ1v) is 15.7. The van der Waals surface area contributed by atoms with Crippen molar-refractivity contribution in [3.63, 3.8) is 0 Å². The first kappa shape index (κ1) is 28.5. The summed E-state index contributed by atoms with van der Waals surface area (Å²) in [6.07, 6.45) is 5.07. The molecule has 2 aromatic carbocycles. The predicted octanol–water partition coefficient (Wildman–Crippen LogP) is 7.30. The molecule has 10 heteroatoms. The molecule has 8 nitrogen and oxygen atoms in total. The van der Waals surface area contributed by atoms with Gasteiger partial charge in [0, 0.05) is 11.4 Å². The number of fused-ring (bicyclic) bond motifs is 1. The lowest BCUT2D eigenvalue weighted by Crippen LogP contribution is -2.32. The number of benzene rings is 2. The van der Waals surface area contributed by atoms with Crippen LogP contribution in [0.5, 0.6) is 11.5 Å². The normalized spacial score (nSPS) is 17.2. The molecule has 5 rings (SSSR count). The molecule has 212 valence electrons. The smallest absolute Gasteiger partial charge is 0.338 e. The van der Waals surface area contributed by atoms with Gasteiger partial charge in [-0.15, -0.1) is 5.10 Å². The van der Waals surface area contributed by atoms with Gasteiger partial charge in [0.05, 0.1) is 23.3 Å². The van der Waals surface area contributed by atoms with Crippen molar-refractivity contribution in [2.24, 2.45) is 0 Å². The zero-order valence-electron chi connectivity index (χ0n) is 23.1. The van der Waals surface area contributed by atoms with Crippen LogP contribution in [-0.2, 0) is 15.3 Å². The highest BCUT2D eigenvalue weighted by Gasteiger charge is 2.37. The Morgan fingerprint density at radius 3 is 2.58 bits per heavy atom. The minimum Gasteiger partial charge on any atom is -0.490 e. The first-order chi connectivity index (χ1) is 19.5. The second-order valence-corrected chi connectivity index (χ2v) is 11.7. The van der Waals surface area contributed by atoms with Crippen molar-refractivity contribution in [1.82, 2.24) is 14.8 Å². The van der Waals surface area contributed by atoms with Crippen LogP contribution in [0.2, 0.25) is 0 Å². The van der Waals surface area contributed by atoms with E-state index in [1.807, 2.05) is 51.1 Å². The number of thioether (sulfide) groups is 1. The number of carbonyl (C=O) groups is 1. The largest absolute Gasteiger partial charge is 0.490 e. The Kier molecular flexibility index (Phi) is 9.36. The second kappa shape index (κ2) is 13.1. The molecular formula is C30H35BrN4O4S. The second-order valence-electron chi connectivity index (χ2n) is 9.86. The van der Waals surface area contributed by atoms with E-state index in [2.05, 4.69) is 33.4 Å². The van der Waals surface area contributed by atoms with Crippen LogP contribution < -0.4 is 14.8 Å². The zero-order chi connectivity index (χ0) is 28.1. The van der Waals surface area contributed by atoms with Crippen LogP contribution in [0.4, 0.5) is 5.95 Å². The molecule has 0 saturated heterocycles. The Labute approximate surface area is 248 Å². The summed E-state index contributed by atoms with van der Waals surface area (Å²) < 4.78 is 20.5. The maximum Gasteiger partial charge on any atom is 0.338 e. The minimum absolute atomic E-state index is 0.0672. The molecule has 1 atom stereocenters. The monoisotopic (exact) mass is 626 g/mol. The standard InChI is InChI=1S/C30H35BrN4O4S/c1-4-37-24-17-21(16-23(31)27(24)38-5-2)26-25(28(36)39-22-14-10-7-11-15-22)19(3)32-29-33-30(34-35(26)29)40-18-20-12-8-6-9-13-20/h6,8-9,12-13,16-17,22,26H,4-5,7,10-11,14-15,18H2,1-3H3,(H,32,33,34). The minimum atomic E-state index is -0.558. The van der Waals surface area contributed by atoms with E-state index < -0.39 is 6.04 Å². The quantitative estimate of drug-likeness (QED) is 0.185. The number of hydrogen-bond acceptors (Lipinski definition) is 8. The van der Waals surface area contributed by atoms with Gasteiger partial charge in [-0.1, -0.05) is 48.5 Å². The number of anilines is 1. The zero-order valence-corrected chi connectivity index (χ0v) is 25.5. The van der Waals surface area contributed by atoms with Crippen LogP contribution in [0.3, 0.4) is 0 Å². The van der Waals surface area contributed by atoms with E-state index in [0.29, 0.717) is 47.1 Å². The topological polar surface area (TPSA) is 87.5 Å². The van der Waals surface area contributed by atoms with E-state index in [1.54, 1.807) is 16.4 Å². The summed E-state index contributed by atoms with van der Waals surface area (Å²) in [4.78, 5) is 18.6. The molecule has 0 bridgehead atoms. The van der Waals surface area contributed by atoms with Crippen molar-refractivity contribution < 1.29 is 19.0 Å². The Balaban J connectivity index is 1.54. The van der Waals surface area contributed by atoms with E-state index in [9.17, 15) is 4.79 Å². The Hall–Kier alpha value is -2.98. The molecule has 1 N–H and O–H groups in total. The molecule has 1 aliphatic carbocycles. The maximum atomic E-state index is 13.8. The molecule has 3 aromatic rings. The van der Waals surface area contributed by atoms with Gasteiger partial charge in [0.1, 0.15) is 12.1 Å². The molecule has 0 radical (unpaired) electrons. The number of halogens is 1. The maximum absolute atomic E-state index is 13.8. The molecule has 40 heavy (non-hydrogen) atoms. The summed E-state index contributed by atoms with van der Waals surface area (Å²) in [6.45, 7) is 6.74. The Morgan fingerprint density at radius 1 is 1.10 bits per heavy atom. The Morgan fingerprint density at radius 2 is 1.85 bits per heavy atom. The third-order valence-electron chi connectivity index (χ3n) is 7.03. The lowest BCUT2D eigenvalue weighted by molar-refractivity contribution is -0.146. The molecule has 1 aliphatic heterocycles. The first-order valence-electron chi connectivity index (χ1n) is 13.9. The summed E-state index contributed by atoms with van der Waals surface area (Å²) in [5.41, 5.74) is 3.22. The summed E-state index contributed by atoms with van der Waals surface area (Å²) in [6, 6.07) is 13.6. The number of nitrogens with one attached hydrogen (secondary N) is 1. The average molecular weight is 628 g/mol. The van der Waals surface area contributed by atoms with Gasteiger partial charge in [-0.25, -0.2) is 9.48 Å². The van der Waals surface area contributed by atoms with Crippen molar-refractivity contribution in [2.45, 2.75) is 75.9 Å². The number of ether oxygens (including phenoxy) is 3. The Bertz CT molecular complexity index is 1370. The molecule has 2 heterocycles. The molecule has 1 unspecified atom stereocenters. The van der Waals surface area contributed by atoms with E-state index in [4.69, 9.17) is 24.3 Å². The highest BCUT2D eigenvalue weighted by molar-refractivity contribution is 9.10. The summed E-state index contributed by atoms with van der Waals surface area (Å²) in [5, 5.41) is 8.82. The van der Waals surface area contributed by atoms with Crippen molar-refractivity contribution in [3.05, 3.63) is 69.3 Å². The van der Waals surface area contributed by atoms with Gasteiger partial charge in [0.15, 0.2) is 11.5 Å². The molecule has 1 aromatic heterocycles. The van der Waals surface area contributed by atoms with Crippen molar-refractivity contribution >= 4 is 39.6 Å². The van der Waals surface area contributed by atoms with Crippen molar-refractivity contribution in [2.75, 3.05) is 18.5 Å². The summed E-state index contributed by atoms with van der Waals surface area (Å²) in [7, 11) is 0. The van der Waals surface area contributed by atoms with Crippen LogP contribution in [-0.4, -0.2) is 40.1 Å². The number of rotatable bonds is 10. The average Bonchev–Trinajstić information content (AvgIpc) is 3.36. The number of aromatic nitrogens is 3.